The molecule has 214 valence electrons. The van der Waals surface area contributed by atoms with E-state index in [1.165, 1.54) is 23.5 Å². The number of ketones is 1. The summed E-state index contributed by atoms with van der Waals surface area (Å²) in [5.41, 5.74) is 2.46. The SMILES string of the molecule is Cc1cc(C(=O)CN2C(=O)C(NC(=O)Nc3cccc(C(=O)O)c3)CN(C3CCCCC3)c3ccccc32)c(C)s1. The van der Waals surface area contributed by atoms with Gasteiger partial charge in [-0.25, -0.2) is 9.59 Å². The Labute approximate surface area is 243 Å². The quantitative estimate of drug-likeness (QED) is 0.315. The van der Waals surface area contributed by atoms with Crippen LogP contribution >= 0.6 is 11.3 Å². The summed E-state index contributed by atoms with van der Waals surface area (Å²) in [6.07, 6.45) is 5.32. The number of aryl methyl sites for hydroxylation is 2. The standard InChI is InChI=1S/C31H34N4O5S/c1-19-15-24(20(2)41-19)28(36)18-35-27-14-7-6-13-26(27)34(23-11-4-3-5-12-23)17-25(29(35)37)33-31(40)32-22-10-8-9-21(16-22)30(38)39/h6-10,13-16,23,25H,3-5,11-12,17-18H2,1-2H3,(H,38,39)(H2,32,33,40). The van der Waals surface area contributed by atoms with Crippen molar-refractivity contribution in [3.63, 3.8) is 0 Å². The molecule has 41 heavy (non-hydrogen) atoms. The van der Waals surface area contributed by atoms with Crippen molar-refractivity contribution in [2.24, 2.45) is 0 Å². The average Bonchev–Trinajstić information content (AvgIpc) is 3.26. The minimum absolute atomic E-state index is 0.0379. The lowest BCUT2D eigenvalue weighted by molar-refractivity contribution is -0.120. The number of para-hydroxylation sites is 2. The number of amides is 3. The van der Waals surface area contributed by atoms with Crippen molar-refractivity contribution in [2.45, 2.75) is 58.0 Å². The Kier molecular flexibility index (Phi) is 8.39. The van der Waals surface area contributed by atoms with Crippen molar-refractivity contribution in [1.82, 2.24) is 5.32 Å². The molecule has 0 saturated heterocycles. The van der Waals surface area contributed by atoms with Gasteiger partial charge < -0.3 is 25.5 Å². The Bertz CT molecular complexity index is 1480. The second kappa shape index (κ2) is 12.1. The second-order valence-electron chi connectivity index (χ2n) is 10.6. The van der Waals surface area contributed by atoms with Gasteiger partial charge in [0.05, 0.1) is 23.5 Å². The molecule has 10 heteroatoms. The van der Waals surface area contributed by atoms with Crippen LogP contribution in [-0.2, 0) is 4.79 Å². The molecule has 2 heterocycles. The van der Waals surface area contributed by atoms with E-state index < -0.39 is 18.0 Å². The number of carboxylic acids is 1. The number of thiophene rings is 1. The first-order valence-electron chi connectivity index (χ1n) is 13.9. The van der Waals surface area contributed by atoms with Crippen LogP contribution in [0.15, 0.2) is 54.6 Å². The number of benzene rings is 2. The van der Waals surface area contributed by atoms with Crippen molar-refractivity contribution in [3.8, 4) is 0 Å². The number of hydrogen-bond acceptors (Lipinski definition) is 6. The molecule has 2 aliphatic rings. The van der Waals surface area contributed by atoms with Crippen LogP contribution in [0.3, 0.4) is 0 Å². The first-order valence-corrected chi connectivity index (χ1v) is 14.7. The maximum Gasteiger partial charge on any atom is 0.335 e. The number of carbonyl (C=O) groups is 4. The number of fused-ring (bicyclic) bond motifs is 1. The molecule has 1 saturated carbocycles. The predicted molar refractivity (Wildman–Crippen MR) is 160 cm³/mol. The summed E-state index contributed by atoms with van der Waals surface area (Å²) in [6, 6.07) is 14.0. The number of nitrogens with one attached hydrogen (secondary N) is 2. The van der Waals surface area contributed by atoms with Gasteiger partial charge in [-0.15, -0.1) is 11.3 Å². The summed E-state index contributed by atoms with van der Waals surface area (Å²) in [5, 5.41) is 14.8. The highest BCUT2D eigenvalue weighted by atomic mass is 32.1. The topological polar surface area (TPSA) is 119 Å². The van der Waals surface area contributed by atoms with Crippen molar-refractivity contribution >= 4 is 52.1 Å². The summed E-state index contributed by atoms with van der Waals surface area (Å²) < 4.78 is 0. The van der Waals surface area contributed by atoms with E-state index >= 15 is 0 Å². The van der Waals surface area contributed by atoms with Gasteiger partial charge in [0.1, 0.15) is 6.04 Å². The maximum absolute atomic E-state index is 14.2. The third-order valence-corrected chi connectivity index (χ3v) is 8.72. The molecule has 1 unspecified atom stereocenters. The van der Waals surface area contributed by atoms with Crippen LogP contribution in [0.2, 0.25) is 0 Å². The number of carbonyl (C=O) groups excluding carboxylic acids is 3. The zero-order valence-corrected chi connectivity index (χ0v) is 24.0. The van der Waals surface area contributed by atoms with Crippen molar-refractivity contribution in [2.75, 3.05) is 28.2 Å². The van der Waals surface area contributed by atoms with Gasteiger partial charge in [-0.2, -0.15) is 0 Å². The van der Waals surface area contributed by atoms with Crippen molar-refractivity contribution in [1.29, 1.82) is 0 Å². The number of anilines is 3. The van der Waals surface area contributed by atoms with Gasteiger partial charge in [0, 0.05) is 33.6 Å². The first kappa shape index (κ1) is 28.4. The Hall–Kier alpha value is -4.18. The van der Waals surface area contributed by atoms with Crippen LogP contribution in [0.1, 0.15) is 62.6 Å². The lowest BCUT2D eigenvalue weighted by Crippen LogP contribution is -2.55. The highest BCUT2D eigenvalue weighted by Gasteiger charge is 2.38. The molecule has 1 aliphatic carbocycles. The Balaban J connectivity index is 1.47. The predicted octanol–water partition coefficient (Wildman–Crippen LogP) is 5.62. The Morgan fingerprint density at radius 3 is 2.39 bits per heavy atom. The van der Waals surface area contributed by atoms with Crippen LogP contribution in [-0.4, -0.2) is 54.0 Å². The Morgan fingerprint density at radius 1 is 0.976 bits per heavy atom. The summed E-state index contributed by atoms with van der Waals surface area (Å²) in [6.45, 7) is 3.96. The van der Waals surface area contributed by atoms with E-state index in [-0.39, 0.29) is 36.4 Å². The molecule has 5 rings (SSSR count). The van der Waals surface area contributed by atoms with Crippen LogP contribution in [0.5, 0.6) is 0 Å². The molecule has 1 aliphatic heterocycles. The van der Waals surface area contributed by atoms with Gasteiger partial charge in [-0.1, -0.05) is 37.5 Å². The molecule has 2 aromatic carbocycles. The molecule has 1 atom stereocenters. The van der Waals surface area contributed by atoms with E-state index in [0.29, 0.717) is 16.9 Å². The molecule has 9 nitrogen and oxygen atoms in total. The zero-order valence-electron chi connectivity index (χ0n) is 23.2. The normalized spacial score (nSPS) is 17.5. The number of carboxylic acid groups (broad SMARTS) is 1. The van der Waals surface area contributed by atoms with Crippen molar-refractivity contribution < 1.29 is 24.3 Å². The van der Waals surface area contributed by atoms with Crippen LogP contribution < -0.4 is 20.4 Å². The van der Waals surface area contributed by atoms with Crippen molar-refractivity contribution in [3.05, 3.63) is 75.5 Å². The summed E-state index contributed by atoms with van der Waals surface area (Å²) in [5.74, 6) is -1.64. The van der Waals surface area contributed by atoms with Gasteiger partial charge in [0.15, 0.2) is 5.78 Å². The molecule has 1 fully saturated rings. The number of rotatable bonds is 7. The van der Waals surface area contributed by atoms with Gasteiger partial charge in [0.25, 0.3) is 5.91 Å². The number of aromatic carboxylic acids is 1. The number of urea groups is 1. The van der Waals surface area contributed by atoms with E-state index in [1.807, 2.05) is 44.2 Å². The molecular formula is C31H34N4O5S. The second-order valence-corrected chi connectivity index (χ2v) is 12.1. The van der Waals surface area contributed by atoms with E-state index in [2.05, 4.69) is 15.5 Å². The lowest BCUT2D eigenvalue weighted by atomic mass is 9.93. The highest BCUT2D eigenvalue weighted by molar-refractivity contribution is 7.12. The molecule has 3 aromatic rings. The summed E-state index contributed by atoms with van der Waals surface area (Å²) in [4.78, 5) is 57.8. The molecule has 0 bridgehead atoms. The molecule has 3 amide bonds. The third-order valence-electron chi connectivity index (χ3n) is 7.76. The molecule has 0 radical (unpaired) electrons. The van der Waals surface area contributed by atoms with Gasteiger partial charge in [-0.3, -0.25) is 9.59 Å². The zero-order chi connectivity index (χ0) is 29.1. The average molecular weight is 575 g/mol. The van der Waals surface area contributed by atoms with Crippen LogP contribution in [0.25, 0.3) is 0 Å². The molecule has 1 aromatic heterocycles. The molecular weight excluding hydrogens is 540 g/mol. The van der Waals surface area contributed by atoms with Crippen LogP contribution in [0, 0.1) is 13.8 Å². The van der Waals surface area contributed by atoms with Gasteiger partial charge in [-0.05, 0) is 63.1 Å². The largest absolute Gasteiger partial charge is 0.478 e. The fraction of sp³-hybridized carbons (Fsp3) is 0.355. The highest BCUT2D eigenvalue weighted by Crippen LogP contribution is 2.37. The van der Waals surface area contributed by atoms with E-state index in [9.17, 15) is 24.3 Å². The van der Waals surface area contributed by atoms with E-state index in [0.717, 1.165) is 41.1 Å². The number of Topliss-reactive ketones (excluding diaryl/α,β-unsaturated/α-hetero) is 1. The van der Waals surface area contributed by atoms with E-state index in [1.54, 1.807) is 23.5 Å². The molecule has 3 N–H and O–H groups in total. The van der Waals surface area contributed by atoms with Gasteiger partial charge >= 0.3 is 12.0 Å². The third kappa shape index (κ3) is 6.27. The molecule has 0 spiro atoms. The van der Waals surface area contributed by atoms with Crippen LogP contribution in [0.4, 0.5) is 21.9 Å². The fourth-order valence-electron chi connectivity index (χ4n) is 5.82. The Morgan fingerprint density at radius 2 is 1.71 bits per heavy atom. The smallest absolute Gasteiger partial charge is 0.335 e. The lowest BCUT2D eigenvalue weighted by Gasteiger charge is -2.37. The first-order chi connectivity index (χ1) is 19.7. The minimum Gasteiger partial charge on any atom is -0.478 e. The summed E-state index contributed by atoms with van der Waals surface area (Å²) in [7, 11) is 0. The number of hydrogen-bond donors (Lipinski definition) is 3. The fourth-order valence-corrected chi connectivity index (χ4v) is 6.76. The minimum atomic E-state index is -1.11. The monoisotopic (exact) mass is 574 g/mol. The maximum atomic E-state index is 14.2. The van der Waals surface area contributed by atoms with E-state index in [4.69, 9.17) is 0 Å². The number of nitrogens with zero attached hydrogens (tertiary/aromatic N) is 2. The van der Waals surface area contributed by atoms with Gasteiger partial charge in [0.2, 0.25) is 0 Å². The summed E-state index contributed by atoms with van der Waals surface area (Å²) >= 11 is 1.55.